The van der Waals surface area contributed by atoms with Crippen LogP contribution in [0, 0.1) is 0 Å². The number of amides is 2. The van der Waals surface area contributed by atoms with Gasteiger partial charge in [-0.15, -0.1) is 0 Å². The molecule has 26 heavy (non-hydrogen) atoms. The summed E-state index contributed by atoms with van der Waals surface area (Å²) >= 11 is 0. The van der Waals surface area contributed by atoms with Gasteiger partial charge < -0.3 is 15.4 Å². The highest BCUT2D eigenvalue weighted by Crippen LogP contribution is 2.13. The second-order valence-corrected chi connectivity index (χ2v) is 5.95. The average Bonchev–Trinajstić information content (AvgIpc) is 2.64. The van der Waals surface area contributed by atoms with E-state index in [1.165, 1.54) is 13.0 Å². The van der Waals surface area contributed by atoms with Crippen LogP contribution >= 0.6 is 0 Å². The first-order chi connectivity index (χ1) is 12.5. The Hall–Kier alpha value is -3.15. The first-order valence-corrected chi connectivity index (χ1v) is 8.32. The summed E-state index contributed by atoms with van der Waals surface area (Å²) in [6.45, 7) is 3.49. The Labute approximate surface area is 152 Å². The molecule has 6 heteroatoms. The van der Waals surface area contributed by atoms with E-state index in [9.17, 15) is 14.4 Å². The summed E-state index contributed by atoms with van der Waals surface area (Å²) in [5.41, 5.74) is 1.88. The van der Waals surface area contributed by atoms with Crippen molar-refractivity contribution in [2.45, 2.75) is 19.8 Å². The van der Waals surface area contributed by atoms with E-state index in [4.69, 9.17) is 4.74 Å². The molecule has 0 fully saturated rings. The molecule has 0 saturated carbocycles. The first kappa shape index (κ1) is 19.2. The van der Waals surface area contributed by atoms with Crippen molar-refractivity contribution in [1.29, 1.82) is 0 Å². The average molecular weight is 354 g/mol. The minimum Gasteiger partial charge on any atom is -0.452 e. The topological polar surface area (TPSA) is 84.5 Å². The third-order valence-corrected chi connectivity index (χ3v) is 3.73. The molecule has 0 bridgehead atoms. The standard InChI is InChI=1S/C20H22N2O4/c1-14(16-7-4-3-5-8-16)12-21-19(24)13-26-20(25)17-9-6-10-18(11-17)22-15(2)23/h3-11,14H,12-13H2,1-2H3,(H,21,24)(H,22,23)/t14-/m0/s1. The van der Waals surface area contributed by atoms with Crippen LogP contribution < -0.4 is 10.6 Å². The van der Waals surface area contributed by atoms with E-state index < -0.39 is 5.97 Å². The lowest BCUT2D eigenvalue weighted by Crippen LogP contribution is -2.31. The summed E-state index contributed by atoms with van der Waals surface area (Å²) in [5, 5.41) is 5.34. The van der Waals surface area contributed by atoms with E-state index >= 15 is 0 Å². The summed E-state index contributed by atoms with van der Waals surface area (Å²) < 4.78 is 5.02. The van der Waals surface area contributed by atoms with Gasteiger partial charge in [0.05, 0.1) is 5.56 Å². The summed E-state index contributed by atoms with van der Waals surface area (Å²) in [6, 6.07) is 16.2. The maximum Gasteiger partial charge on any atom is 0.338 e. The van der Waals surface area contributed by atoms with Gasteiger partial charge in [-0.2, -0.15) is 0 Å². The number of esters is 1. The predicted octanol–water partition coefficient (Wildman–Crippen LogP) is 2.72. The number of ether oxygens (including phenoxy) is 1. The summed E-state index contributed by atoms with van der Waals surface area (Å²) in [5.74, 6) is -1.06. The van der Waals surface area contributed by atoms with Gasteiger partial charge in [0, 0.05) is 19.2 Å². The molecule has 0 heterocycles. The second-order valence-electron chi connectivity index (χ2n) is 5.95. The zero-order chi connectivity index (χ0) is 18.9. The van der Waals surface area contributed by atoms with E-state index in [1.807, 2.05) is 37.3 Å². The minimum atomic E-state index is -0.622. The quantitative estimate of drug-likeness (QED) is 0.749. The van der Waals surface area contributed by atoms with E-state index in [0.29, 0.717) is 12.2 Å². The molecule has 2 amide bonds. The highest BCUT2D eigenvalue weighted by atomic mass is 16.5. The highest BCUT2D eigenvalue weighted by molar-refractivity contribution is 5.94. The Balaban J connectivity index is 1.80. The molecule has 0 saturated heterocycles. The molecule has 0 unspecified atom stereocenters. The van der Waals surface area contributed by atoms with Crippen molar-refractivity contribution in [3.05, 3.63) is 65.7 Å². The van der Waals surface area contributed by atoms with Gasteiger partial charge in [-0.05, 0) is 29.7 Å². The monoisotopic (exact) mass is 354 g/mol. The third kappa shape index (κ3) is 6.05. The molecule has 2 aromatic carbocycles. The van der Waals surface area contributed by atoms with Crippen LogP contribution in [0.15, 0.2) is 54.6 Å². The molecule has 2 rings (SSSR count). The fourth-order valence-electron chi connectivity index (χ4n) is 2.36. The van der Waals surface area contributed by atoms with Crippen LogP contribution in [0.5, 0.6) is 0 Å². The molecule has 0 aliphatic carbocycles. The number of rotatable bonds is 7. The van der Waals surface area contributed by atoms with Crippen LogP contribution in [0.4, 0.5) is 5.69 Å². The number of benzene rings is 2. The van der Waals surface area contributed by atoms with E-state index in [1.54, 1.807) is 18.2 Å². The third-order valence-electron chi connectivity index (χ3n) is 3.73. The Morgan fingerprint density at radius 2 is 1.77 bits per heavy atom. The fraction of sp³-hybridized carbons (Fsp3) is 0.250. The second kappa shape index (κ2) is 9.36. The molecule has 2 N–H and O–H groups in total. The number of carbonyl (C=O) groups is 3. The number of carbonyl (C=O) groups excluding carboxylic acids is 3. The zero-order valence-electron chi connectivity index (χ0n) is 14.8. The van der Waals surface area contributed by atoms with Gasteiger partial charge >= 0.3 is 5.97 Å². The Morgan fingerprint density at radius 1 is 1.04 bits per heavy atom. The van der Waals surface area contributed by atoms with Gasteiger partial charge in [0.25, 0.3) is 5.91 Å². The lowest BCUT2D eigenvalue weighted by atomic mass is 10.0. The molecule has 0 aliphatic rings. The Bertz CT molecular complexity index is 774. The van der Waals surface area contributed by atoms with Crippen molar-refractivity contribution < 1.29 is 19.1 Å². The Morgan fingerprint density at radius 3 is 2.46 bits per heavy atom. The maximum absolute atomic E-state index is 12.0. The number of hydrogen-bond donors (Lipinski definition) is 2. The Kier molecular flexibility index (Phi) is 6.91. The first-order valence-electron chi connectivity index (χ1n) is 8.32. The summed E-state index contributed by atoms with van der Waals surface area (Å²) in [7, 11) is 0. The van der Waals surface area contributed by atoms with Gasteiger partial charge in [-0.25, -0.2) is 4.79 Å². The molecule has 0 aliphatic heterocycles. The minimum absolute atomic E-state index is 0.158. The van der Waals surface area contributed by atoms with Crippen molar-refractivity contribution in [1.82, 2.24) is 5.32 Å². The summed E-state index contributed by atoms with van der Waals surface area (Å²) in [4.78, 5) is 35.0. The van der Waals surface area contributed by atoms with Crippen LogP contribution in [-0.4, -0.2) is 30.9 Å². The molecule has 2 aromatic rings. The van der Waals surface area contributed by atoms with Gasteiger partial charge in [0.2, 0.25) is 5.91 Å². The largest absolute Gasteiger partial charge is 0.452 e. The zero-order valence-corrected chi connectivity index (χ0v) is 14.8. The van der Waals surface area contributed by atoms with Crippen LogP contribution in [0.2, 0.25) is 0 Å². The van der Waals surface area contributed by atoms with Gasteiger partial charge in [0.15, 0.2) is 6.61 Å². The van der Waals surface area contributed by atoms with Crippen LogP contribution in [0.25, 0.3) is 0 Å². The number of hydrogen-bond acceptors (Lipinski definition) is 4. The van der Waals surface area contributed by atoms with Crippen LogP contribution in [0.1, 0.15) is 35.7 Å². The van der Waals surface area contributed by atoms with Crippen molar-refractivity contribution in [2.75, 3.05) is 18.5 Å². The molecule has 0 aromatic heterocycles. The lowest BCUT2D eigenvalue weighted by Gasteiger charge is -2.13. The predicted molar refractivity (Wildman–Crippen MR) is 98.9 cm³/mol. The lowest BCUT2D eigenvalue weighted by molar-refractivity contribution is -0.124. The SMILES string of the molecule is CC(=O)Nc1cccc(C(=O)OCC(=O)NC[C@H](C)c2ccccc2)c1. The maximum atomic E-state index is 12.0. The van der Waals surface area contributed by atoms with Crippen molar-refractivity contribution >= 4 is 23.5 Å². The molecular formula is C20H22N2O4. The van der Waals surface area contributed by atoms with E-state index in [0.717, 1.165) is 5.56 Å². The normalized spacial score (nSPS) is 11.3. The molecule has 0 radical (unpaired) electrons. The number of nitrogens with one attached hydrogen (secondary N) is 2. The van der Waals surface area contributed by atoms with Crippen molar-refractivity contribution in [3.63, 3.8) is 0 Å². The smallest absolute Gasteiger partial charge is 0.338 e. The van der Waals surface area contributed by atoms with Gasteiger partial charge in [-0.3, -0.25) is 9.59 Å². The molecule has 6 nitrogen and oxygen atoms in total. The molecule has 1 atom stereocenters. The van der Waals surface area contributed by atoms with Crippen LogP contribution in [0.3, 0.4) is 0 Å². The van der Waals surface area contributed by atoms with Crippen molar-refractivity contribution in [2.24, 2.45) is 0 Å². The highest BCUT2D eigenvalue weighted by Gasteiger charge is 2.12. The van der Waals surface area contributed by atoms with Crippen molar-refractivity contribution in [3.8, 4) is 0 Å². The molecule has 136 valence electrons. The van der Waals surface area contributed by atoms with E-state index in [2.05, 4.69) is 10.6 Å². The molecular weight excluding hydrogens is 332 g/mol. The van der Waals surface area contributed by atoms with Crippen LogP contribution in [-0.2, 0) is 14.3 Å². The molecule has 0 spiro atoms. The van der Waals surface area contributed by atoms with E-state index in [-0.39, 0.29) is 29.9 Å². The summed E-state index contributed by atoms with van der Waals surface area (Å²) in [6.07, 6.45) is 0. The number of anilines is 1. The van der Waals surface area contributed by atoms with Gasteiger partial charge in [0.1, 0.15) is 0 Å². The fourth-order valence-corrected chi connectivity index (χ4v) is 2.36. The van der Waals surface area contributed by atoms with Gasteiger partial charge in [-0.1, -0.05) is 43.3 Å².